The molecular weight excluding hydrogens is 244 g/mol. The average Bonchev–Trinajstić information content (AvgIpc) is 2.70. The Morgan fingerprint density at radius 3 is 2.94 bits per heavy atom. The second-order valence-corrected chi connectivity index (χ2v) is 6.54. The molecule has 1 aliphatic carbocycles. The Morgan fingerprint density at radius 1 is 1.50 bits per heavy atom. The highest BCUT2D eigenvalue weighted by Gasteiger charge is 2.28. The Labute approximate surface area is 113 Å². The van der Waals surface area contributed by atoms with Gasteiger partial charge in [0.05, 0.1) is 17.1 Å². The third-order valence-corrected chi connectivity index (χ3v) is 4.88. The number of hydrogen-bond acceptors (Lipinski definition) is 3. The van der Waals surface area contributed by atoms with Crippen molar-refractivity contribution in [3.8, 4) is 0 Å². The van der Waals surface area contributed by atoms with Crippen molar-refractivity contribution < 1.29 is 4.79 Å². The number of aryl methyl sites for hydroxylation is 1. The highest BCUT2D eigenvalue weighted by Crippen LogP contribution is 2.29. The first-order chi connectivity index (χ1) is 8.56. The van der Waals surface area contributed by atoms with Crippen LogP contribution in [0.3, 0.4) is 0 Å². The van der Waals surface area contributed by atoms with E-state index in [0.29, 0.717) is 24.3 Å². The minimum absolute atomic E-state index is 0.117. The molecule has 0 bridgehead atoms. The Balaban J connectivity index is 1.87. The Hall–Kier alpha value is -0.900. The van der Waals surface area contributed by atoms with Crippen LogP contribution in [0.2, 0.25) is 0 Å². The van der Waals surface area contributed by atoms with Gasteiger partial charge in [-0.3, -0.25) is 4.79 Å². The fraction of sp³-hybridized carbons (Fsp3) is 0.714. The average molecular weight is 266 g/mol. The number of amides is 1. The van der Waals surface area contributed by atoms with Gasteiger partial charge in [0.1, 0.15) is 0 Å². The summed E-state index contributed by atoms with van der Waals surface area (Å²) in [5, 5.41) is 6.18. The van der Waals surface area contributed by atoms with Crippen LogP contribution in [0.15, 0.2) is 5.38 Å². The van der Waals surface area contributed by atoms with E-state index in [-0.39, 0.29) is 5.91 Å². The summed E-state index contributed by atoms with van der Waals surface area (Å²) in [6.45, 7) is 6.51. The predicted octanol–water partition coefficient (Wildman–Crippen LogP) is 2.93. The second kappa shape index (κ2) is 5.83. The molecule has 0 radical (unpaired) electrons. The summed E-state index contributed by atoms with van der Waals surface area (Å²) in [6, 6.07) is 0.348. The molecule has 1 N–H and O–H groups in total. The fourth-order valence-corrected chi connectivity index (χ4v) is 3.31. The number of hydrogen-bond donors (Lipinski definition) is 1. The van der Waals surface area contributed by atoms with Gasteiger partial charge in [-0.1, -0.05) is 26.7 Å². The standard InChI is InChI=1S/C14H22N2OS/c1-9-5-4-6-13(10(9)2)16-14(17)7-12-8-18-11(3)15-12/h8-10,13H,4-7H2,1-3H3,(H,16,17). The number of thiazole rings is 1. The molecule has 100 valence electrons. The molecule has 0 aromatic carbocycles. The summed E-state index contributed by atoms with van der Waals surface area (Å²) in [5.41, 5.74) is 0.895. The lowest BCUT2D eigenvalue weighted by molar-refractivity contribution is -0.121. The van der Waals surface area contributed by atoms with Crippen molar-refractivity contribution in [1.82, 2.24) is 10.3 Å². The summed E-state index contributed by atoms with van der Waals surface area (Å²) in [7, 11) is 0. The van der Waals surface area contributed by atoms with E-state index in [0.717, 1.165) is 17.1 Å². The van der Waals surface area contributed by atoms with Crippen LogP contribution < -0.4 is 5.32 Å². The minimum atomic E-state index is 0.117. The van der Waals surface area contributed by atoms with Crippen molar-refractivity contribution in [2.45, 2.75) is 52.5 Å². The molecule has 1 fully saturated rings. The largest absolute Gasteiger partial charge is 0.353 e. The molecular formula is C14H22N2OS. The van der Waals surface area contributed by atoms with Crippen molar-refractivity contribution in [2.24, 2.45) is 11.8 Å². The van der Waals surface area contributed by atoms with Gasteiger partial charge < -0.3 is 5.32 Å². The van der Waals surface area contributed by atoms with Crippen LogP contribution in [0.25, 0.3) is 0 Å². The zero-order valence-corrected chi connectivity index (χ0v) is 12.2. The summed E-state index contributed by atoms with van der Waals surface area (Å²) >= 11 is 1.60. The van der Waals surface area contributed by atoms with Crippen LogP contribution in [0.4, 0.5) is 0 Å². The molecule has 1 aromatic rings. The molecule has 1 saturated carbocycles. The lowest BCUT2D eigenvalue weighted by atomic mass is 9.78. The van der Waals surface area contributed by atoms with Crippen molar-refractivity contribution >= 4 is 17.2 Å². The highest BCUT2D eigenvalue weighted by atomic mass is 32.1. The van der Waals surface area contributed by atoms with Crippen LogP contribution in [0, 0.1) is 18.8 Å². The monoisotopic (exact) mass is 266 g/mol. The first-order valence-corrected chi connectivity index (χ1v) is 7.64. The zero-order valence-electron chi connectivity index (χ0n) is 11.4. The van der Waals surface area contributed by atoms with E-state index in [4.69, 9.17) is 0 Å². The summed E-state index contributed by atoms with van der Waals surface area (Å²) in [5.74, 6) is 1.41. The topological polar surface area (TPSA) is 42.0 Å². The normalized spacial score (nSPS) is 28.1. The van der Waals surface area contributed by atoms with Gasteiger partial charge in [0.2, 0.25) is 5.91 Å². The molecule has 0 saturated heterocycles. The quantitative estimate of drug-likeness (QED) is 0.914. The summed E-state index contributed by atoms with van der Waals surface area (Å²) in [4.78, 5) is 16.3. The third kappa shape index (κ3) is 3.31. The fourth-order valence-electron chi connectivity index (χ4n) is 2.70. The van der Waals surface area contributed by atoms with Gasteiger partial charge in [0.25, 0.3) is 0 Å². The van der Waals surface area contributed by atoms with Gasteiger partial charge >= 0.3 is 0 Å². The Kier molecular flexibility index (Phi) is 4.38. The van der Waals surface area contributed by atoms with Crippen molar-refractivity contribution in [2.75, 3.05) is 0 Å². The summed E-state index contributed by atoms with van der Waals surface area (Å²) in [6.07, 6.45) is 4.06. The van der Waals surface area contributed by atoms with Crippen LogP contribution in [-0.4, -0.2) is 16.9 Å². The molecule has 1 aromatic heterocycles. The summed E-state index contributed by atoms with van der Waals surface area (Å²) < 4.78 is 0. The number of nitrogens with zero attached hydrogens (tertiary/aromatic N) is 1. The van der Waals surface area contributed by atoms with E-state index in [2.05, 4.69) is 24.1 Å². The third-order valence-electron chi connectivity index (χ3n) is 4.06. The molecule has 1 aliphatic rings. The van der Waals surface area contributed by atoms with E-state index >= 15 is 0 Å². The number of carbonyl (C=O) groups excluding carboxylic acids is 1. The van der Waals surface area contributed by atoms with Gasteiger partial charge in [0.15, 0.2) is 0 Å². The van der Waals surface area contributed by atoms with Gasteiger partial charge in [-0.2, -0.15) is 0 Å². The molecule has 0 aliphatic heterocycles. The maximum atomic E-state index is 12.0. The van der Waals surface area contributed by atoms with Crippen molar-refractivity contribution in [3.63, 3.8) is 0 Å². The second-order valence-electron chi connectivity index (χ2n) is 5.48. The maximum Gasteiger partial charge on any atom is 0.226 e. The van der Waals surface area contributed by atoms with Gasteiger partial charge in [-0.05, 0) is 25.2 Å². The van der Waals surface area contributed by atoms with E-state index in [1.54, 1.807) is 11.3 Å². The molecule has 2 rings (SSSR count). The zero-order chi connectivity index (χ0) is 13.1. The van der Waals surface area contributed by atoms with Crippen molar-refractivity contribution in [3.05, 3.63) is 16.1 Å². The molecule has 3 unspecified atom stereocenters. The molecule has 1 heterocycles. The number of rotatable bonds is 3. The molecule has 18 heavy (non-hydrogen) atoms. The van der Waals surface area contributed by atoms with Crippen molar-refractivity contribution in [1.29, 1.82) is 0 Å². The molecule has 3 nitrogen and oxygen atoms in total. The lowest BCUT2D eigenvalue weighted by Gasteiger charge is -2.34. The SMILES string of the molecule is Cc1nc(CC(=O)NC2CCCC(C)C2C)cs1. The Morgan fingerprint density at radius 2 is 2.28 bits per heavy atom. The number of aromatic nitrogens is 1. The van der Waals surface area contributed by atoms with E-state index in [1.165, 1.54) is 12.8 Å². The number of carbonyl (C=O) groups is 1. The van der Waals surface area contributed by atoms with E-state index in [9.17, 15) is 4.79 Å². The highest BCUT2D eigenvalue weighted by molar-refractivity contribution is 7.09. The first-order valence-electron chi connectivity index (χ1n) is 6.76. The molecule has 4 heteroatoms. The predicted molar refractivity (Wildman–Crippen MR) is 74.7 cm³/mol. The minimum Gasteiger partial charge on any atom is -0.353 e. The van der Waals surface area contributed by atoms with E-state index in [1.807, 2.05) is 12.3 Å². The van der Waals surface area contributed by atoms with Crippen LogP contribution in [0.1, 0.15) is 43.8 Å². The lowest BCUT2D eigenvalue weighted by Crippen LogP contribution is -2.44. The van der Waals surface area contributed by atoms with Crippen LogP contribution >= 0.6 is 11.3 Å². The smallest absolute Gasteiger partial charge is 0.226 e. The van der Waals surface area contributed by atoms with E-state index < -0.39 is 0 Å². The number of nitrogens with one attached hydrogen (secondary N) is 1. The molecule has 0 spiro atoms. The maximum absolute atomic E-state index is 12.0. The Bertz CT molecular complexity index is 416. The molecule has 3 atom stereocenters. The first kappa shape index (κ1) is 13.5. The van der Waals surface area contributed by atoms with Gasteiger partial charge in [0, 0.05) is 11.4 Å². The molecule has 1 amide bonds. The van der Waals surface area contributed by atoms with Crippen LogP contribution in [0.5, 0.6) is 0 Å². The van der Waals surface area contributed by atoms with Gasteiger partial charge in [-0.15, -0.1) is 11.3 Å². The van der Waals surface area contributed by atoms with Gasteiger partial charge in [-0.25, -0.2) is 4.98 Å². The van der Waals surface area contributed by atoms with Crippen LogP contribution in [-0.2, 0) is 11.2 Å².